The standard InChI is InChI=1S/C11H13NO3/c1-7(13)15-11-8(6-12)5-10(11,2)4-3-9(11)14/h8H,3-5H2,1-2H3/t8-,10+,11-/m1/s1. The van der Waals surface area contributed by atoms with Crippen LogP contribution in [0.15, 0.2) is 0 Å². The molecule has 0 aromatic rings. The smallest absolute Gasteiger partial charge is 0.303 e. The van der Waals surface area contributed by atoms with Crippen molar-refractivity contribution >= 4 is 11.8 Å². The van der Waals surface area contributed by atoms with E-state index in [9.17, 15) is 9.59 Å². The van der Waals surface area contributed by atoms with Gasteiger partial charge in [0, 0.05) is 18.8 Å². The number of ether oxygens (including phenoxy) is 1. The molecule has 15 heavy (non-hydrogen) atoms. The van der Waals surface area contributed by atoms with Crippen molar-refractivity contribution in [2.75, 3.05) is 0 Å². The van der Waals surface area contributed by atoms with E-state index in [0.717, 1.165) is 6.42 Å². The maximum Gasteiger partial charge on any atom is 0.303 e. The Kier molecular flexibility index (Phi) is 1.91. The van der Waals surface area contributed by atoms with Gasteiger partial charge in [0.2, 0.25) is 0 Å². The fraction of sp³-hybridized carbons (Fsp3) is 0.727. The van der Waals surface area contributed by atoms with E-state index in [1.54, 1.807) is 0 Å². The second-order valence-corrected chi connectivity index (χ2v) is 4.70. The zero-order valence-corrected chi connectivity index (χ0v) is 8.87. The normalized spacial score (nSPS) is 42.7. The fourth-order valence-electron chi connectivity index (χ4n) is 3.04. The Morgan fingerprint density at radius 1 is 1.67 bits per heavy atom. The second-order valence-electron chi connectivity index (χ2n) is 4.70. The summed E-state index contributed by atoms with van der Waals surface area (Å²) in [5, 5.41) is 8.95. The molecule has 0 aromatic heterocycles. The fourth-order valence-corrected chi connectivity index (χ4v) is 3.04. The van der Waals surface area contributed by atoms with Crippen molar-refractivity contribution in [3.63, 3.8) is 0 Å². The van der Waals surface area contributed by atoms with Crippen LogP contribution in [-0.4, -0.2) is 17.4 Å². The number of hydrogen-bond acceptors (Lipinski definition) is 4. The quantitative estimate of drug-likeness (QED) is 0.606. The van der Waals surface area contributed by atoms with Crippen LogP contribution >= 0.6 is 0 Å². The van der Waals surface area contributed by atoms with E-state index in [1.807, 2.05) is 6.92 Å². The van der Waals surface area contributed by atoms with Crippen molar-refractivity contribution in [2.45, 2.75) is 38.7 Å². The molecule has 0 N–H and O–H groups in total. The van der Waals surface area contributed by atoms with Crippen molar-refractivity contribution in [1.82, 2.24) is 0 Å². The van der Waals surface area contributed by atoms with Crippen molar-refractivity contribution < 1.29 is 14.3 Å². The van der Waals surface area contributed by atoms with E-state index in [-0.39, 0.29) is 11.2 Å². The van der Waals surface area contributed by atoms with Crippen molar-refractivity contribution in [2.24, 2.45) is 11.3 Å². The Balaban J connectivity index is 2.40. The number of esters is 1. The highest BCUT2D eigenvalue weighted by Gasteiger charge is 2.73. The number of carbonyl (C=O) groups excluding carboxylic acids is 2. The first-order valence-electron chi connectivity index (χ1n) is 5.09. The maximum atomic E-state index is 11.8. The molecule has 0 amide bonds. The summed E-state index contributed by atoms with van der Waals surface area (Å²) in [4.78, 5) is 22.9. The van der Waals surface area contributed by atoms with Crippen LogP contribution in [-0.2, 0) is 14.3 Å². The van der Waals surface area contributed by atoms with Crippen molar-refractivity contribution in [3.05, 3.63) is 0 Å². The van der Waals surface area contributed by atoms with E-state index in [1.165, 1.54) is 6.92 Å². The SMILES string of the molecule is CC(=O)O[C@]12C(=O)CC[C@@]1(C)C[C@@H]2C#N. The summed E-state index contributed by atoms with van der Waals surface area (Å²) in [5.41, 5.74) is -1.44. The minimum absolute atomic E-state index is 0.0852. The number of carbonyl (C=O) groups is 2. The summed E-state index contributed by atoms with van der Waals surface area (Å²) < 4.78 is 5.21. The molecule has 0 unspecified atom stereocenters. The summed E-state index contributed by atoms with van der Waals surface area (Å²) in [6.45, 7) is 3.21. The molecule has 2 fully saturated rings. The monoisotopic (exact) mass is 207 g/mol. The number of Topliss-reactive ketones (excluding diaryl/α,β-unsaturated/α-hetero) is 1. The molecule has 2 rings (SSSR count). The van der Waals surface area contributed by atoms with Gasteiger partial charge in [-0.2, -0.15) is 5.26 Å². The van der Waals surface area contributed by atoms with Gasteiger partial charge in [0.05, 0.1) is 12.0 Å². The number of nitrogens with zero attached hydrogens (tertiary/aromatic N) is 1. The minimum atomic E-state index is -1.13. The van der Waals surface area contributed by atoms with Gasteiger partial charge in [0.15, 0.2) is 11.4 Å². The van der Waals surface area contributed by atoms with E-state index in [0.29, 0.717) is 12.8 Å². The zero-order valence-electron chi connectivity index (χ0n) is 8.87. The third kappa shape index (κ3) is 1.01. The Hall–Kier alpha value is -1.37. The van der Waals surface area contributed by atoms with Crippen LogP contribution in [0.4, 0.5) is 0 Å². The molecule has 2 saturated carbocycles. The molecule has 3 atom stereocenters. The summed E-state index contributed by atoms with van der Waals surface area (Å²) in [5.74, 6) is -1.02. The predicted molar refractivity (Wildman–Crippen MR) is 50.6 cm³/mol. The van der Waals surface area contributed by atoms with Crippen molar-refractivity contribution in [1.29, 1.82) is 5.26 Å². The molecule has 4 heteroatoms. The third-order valence-corrected chi connectivity index (χ3v) is 3.82. The van der Waals surface area contributed by atoms with E-state index in [4.69, 9.17) is 10.00 Å². The average molecular weight is 207 g/mol. The van der Waals surface area contributed by atoms with Gasteiger partial charge in [-0.3, -0.25) is 9.59 Å². The lowest BCUT2D eigenvalue weighted by Crippen LogP contribution is -2.64. The van der Waals surface area contributed by atoms with Crippen LogP contribution < -0.4 is 0 Å². The molecule has 4 nitrogen and oxygen atoms in total. The van der Waals surface area contributed by atoms with Gasteiger partial charge in [0.1, 0.15) is 0 Å². The Morgan fingerprint density at radius 3 is 2.80 bits per heavy atom. The van der Waals surface area contributed by atoms with Crippen molar-refractivity contribution in [3.8, 4) is 6.07 Å². The lowest BCUT2D eigenvalue weighted by atomic mass is 9.53. The predicted octanol–water partition coefficient (Wildman–Crippen LogP) is 1.20. The van der Waals surface area contributed by atoms with Gasteiger partial charge in [0.25, 0.3) is 0 Å². The van der Waals surface area contributed by atoms with Gasteiger partial charge in [-0.05, 0) is 12.8 Å². The number of hydrogen-bond donors (Lipinski definition) is 0. The molecular weight excluding hydrogens is 194 g/mol. The highest BCUT2D eigenvalue weighted by atomic mass is 16.6. The summed E-state index contributed by atoms with van der Waals surface area (Å²) in [6, 6.07) is 2.08. The van der Waals surface area contributed by atoms with Gasteiger partial charge >= 0.3 is 5.97 Å². The van der Waals surface area contributed by atoms with E-state index in [2.05, 4.69) is 6.07 Å². The van der Waals surface area contributed by atoms with E-state index < -0.39 is 17.5 Å². The van der Waals surface area contributed by atoms with Gasteiger partial charge in [-0.25, -0.2) is 0 Å². The largest absolute Gasteiger partial charge is 0.449 e. The molecule has 0 bridgehead atoms. The molecule has 0 spiro atoms. The summed E-state index contributed by atoms with van der Waals surface area (Å²) in [7, 11) is 0. The molecule has 0 radical (unpaired) electrons. The Bertz CT molecular complexity index is 384. The Labute approximate surface area is 88.2 Å². The van der Waals surface area contributed by atoms with Gasteiger partial charge in [-0.1, -0.05) is 6.92 Å². The number of fused-ring (bicyclic) bond motifs is 1. The first kappa shape index (κ1) is 10.2. The van der Waals surface area contributed by atoms with Crippen LogP contribution in [0.25, 0.3) is 0 Å². The number of ketones is 1. The topological polar surface area (TPSA) is 67.2 Å². The molecule has 0 aromatic carbocycles. The van der Waals surface area contributed by atoms with Crippen LogP contribution in [0.1, 0.15) is 33.1 Å². The summed E-state index contributed by atoms with van der Waals surface area (Å²) in [6.07, 6.45) is 1.79. The molecule has 2 aliphatic carbocycles. The summed E-state index contributed by atoms with van der Waals surface area (Å²) >= 11 is 0. The average Bonchev–Trinajstić information content (AvgIpc) is 2.33. The van der Waals surface area contributed by atoms with Gasteiger partial charge < -0.3 is 4.74 Å². The molecule has 0 saturated heterocycles. The second kappa shape index (κ2) is 2.82. The first-order valence-corrected chi connectivity index (χ1v) is 5.09. The molecule has 0 aliphatic heterocycles. The van der Waals surface area contributed by atoms with Gasteiger partial charge in [-0.15, -0.1) is 0 Å². The minimum Gasteiger partial charge on any atom is -0.449 e. The van der Waals surface area contributed by atoms with Crippen LogP contribution in [0.5, 0.6) is 0 Å². The van der Waals surface area contributed by atoms with Crippen LogP contribution in [0.2, 0.25) is 0 Å². The number of nitriles is 1. The Morgan fingerprint density at radius 2 is 2.33 bits per heavy atom. The highest BCUT2D eigenvalue weighted by Crippen LogP contribution is 2.63. The lowest BCUT2D eigenvalue weighted by Gasteiger charge is -2.54. The molecule has 2 aliphatic rings. The third-order valence-electron chi connectivity index (χ3n) is 3.82. The maximum absolute atomic E-state index is 11.8. The van der Waals surface area contributed by atoms with E-state index >= 15 is 0 Å². The first-order chi connectivity index (χ1) is 6.96. The number of rotatable bonds is 1. The molecule has 0 heterocycles. The van der Waals surface area contributed by atoms with Crippen LogP contribution in [0.3, 0.4) is 0 Å². The highest BCUT2D eigenvalue weighted by molar-refractivity contribution is 5.95. The molecule has 80 valence electrons. The molecular formula is C11H13NO3. The zero-order chi connectivity index (χ0) is 11.3. The lowest BCUT2D eigenvalue weighted by molar-refractivity contribution is -0.207. The van der Waals surface area contributed by atoms with Crippen LogP contribution in [0, 0.1) is 22.7 Å².